The van der Waals surface area contributed by atoms with Crippen LogP contribution in [0.25, 0.3) is 0 Å². The first-order valence-corrected chi connectivity index (χ1v) is 22.5. The van der Waals surface area contributed by atoms with E-state index < -0.39 is 49.5 Å². The molecule has 7 unspecified atom stereocenters. The SMILES string of the molecule is CC/C=C\C/C=C\C/C=C\C/C=C\C/C=C\CCCCCC(=O)NC(COC1OC(CO)C(O)C(O)C1O)C(O)/C=C/CC/C=C/CC/C=C/CCCCCCCC. The molecule has 0 bridgehead atoms. The molecule has 0 aromatic heterocycles. The molecule has 0 spiro atoms. The summed E-state index contributed by atoms with van der Waals surface area (Å²) in [7, 11) is 0. The first-order chi connectivity index (χ1) is 28.3. The molecule has 7 atom stereocenters. The quantitative estimate of drug-likeness (QED) is 0.0274. The third-order valence-corrected chi connectivity index (χ3v) is 9.87. The van der Waals surface area contributed by atoms with E-state index in [0.717, 1.165) is 77.0 Å². The van der Waals surface area contributed by atoms with Crippen LogP contribution in [0.5, 0.6) is 0 Å². The van der Waals surface area contributed by atoms with Gasteiger partial charge in [-0.1, -0.05) is 150 Å². The van der Waals surface area contributed by atoms with E-state index in [9.17, 15) is 30.3 Å². The smallest absolute Gasteiger partial charge is 0.220 e. The molecule has 9 nitrogen and oxygen atoms in total. The fourth-order valence-electron chi connectivity index (χ4n) is 6.27. The van der Waals surface area contributed by atoms with Crippen molar-refractivity contribution in [2.24, 2.45) is 0 Å². The number of hydrogen-bond acceptors (Lipinski definition) is 8. The van der Waals surface area contributed by atoms with Crippen LogP contribution in [0, 0.1) is 0 Å². The average molecular weight is 812 g/mol. The number of carbonyl (C=O) groups excluding carboxylic acids is 1. The van der Waals surface area contributed by atoms with Gasteiger partial charge in [0, 0.05) is 6.42 Å². The summed E-state index contributed by atoms with van der Waals surface area (Å²) < 4.78 is 11.2. The number of hydrogen-bond donors (Lipinski definition) is 6. The highest BCUT2D eigenvalue weighted by molar-refractivity contribution is 5.76. The van der Waals surface area contributed by atoms with Gasteiger partial charge in [-0.05, 0) is 89.9 Å². The van der Waals surface area contributed by atoms with Crippen molar-refractivity contribution in [2.75, 3.05) is 13.2 Å². The number of aliphatic hydroxyl groups excluding tert-OH is 5. The van der Waals surface area contributed by atoms with Gasteiger partial charge in [-0.3, -0.25) is 4.79 Å². The Labute approximate surface area is 352 Å². The van der Waals surface area contributed by atoms with Crippen LogP contribution in [0.1, 0.15) is 149 Å². The van der Waals surface area contributed by atoms with Gasteiger partial charge in [0.05, 0.1) is 25.4 Å². The van der Waals surface area contributed by atoms with Crippen molar-refractivity contribution in [3.05, 3.63) is 97.2 Å². The molecule has 330 valence electrons. The van der Waals surface area contributed by atoms with Crippen LogP contribution in [0.15, 0.2) is 97.2 Å². The molecule has 58 heavy (non-hydrogen) atoms. The Balaban J connectivity index is 2.45. The van der Waals surface area contributed by atoms with E-state index in [0.29, 0.717) is 12.8 Å². The predicted octanol–water partition coefficient (Wildman–Crippen LogP) is 9.33. The number of carbonyl (C=O) groups is 1. The van der Waals surface area contributed by atoms with E-state index in [1.165, 1.54) is 38.5 Å². The summed E-state index contributed by atoms with van der Waals surface area (Å²) in [5.74, 6) is -0.228. The Morgan fingerprint density at radius 3 is 1.66 bits per heavy atom. The maximum atomic E-state index is 12.9. The summed E-state index contributed by atoms with van der Waals surface area (Å²) in [6.07, 6.45) is 47.3. The number of ether oxygens (including phenoxy) is 2. The summed E-state index contributed by atoms with van der Waals surface area (Å²) in [4.78, 5) is 12.9. The van der Waals surface area contributed by atoms with Gasteiger partial charge in [-0.25, -0.2) is 0 Å². The second-order valence-corrected chi connectivity index (χ2v) is 15.1. The zero-order valence-electron chi connectivity index (χ0n) is 36.0. The minimum Gasteiger partial charge on any atom is -0.394 e. The Kier molecular flexibility index (Phi) is 35.1. The van der Waals surface area contributed by atoms with Gasteiger partial charge < -0.3 is 40.3 Å². The van der Waals surface area contributed by atoms with Crippen molar-refractivity contribution in [1.82, 2.24) is 5.32 Å². The predicted molar refractivity (Wildman–Crippen MR) is 239 cm³/mol. The van der Waals surface area contributed by atoms with E-state index in [1.807, 2.05) is 6.08 Å². The van der Waals surface area contributed by atoms with Crippen molar-refractivity contribution in [3.63, 3.8) is 0 Å². The van der Waals surface area contributed by atoms with Gasteiger partial charge in [0.1, 0.15) is 24.4 Å². The molecule has 0 saturated carbocycles. The Morgan fingerprint density at radius 1 is 0.603 bits per heavy atom. The lowest BCUT2D eigenvalue weighted by molar-refractivity contribution is -0.302. The van der Waals surface area contributed by atoms with Gasteiger partial charge in [-0.2, -0.15) is 0 Å². The molecule has 1 saturated heterocycles. The molecule has 1 amide bonds. The maximum absolute atomic E-state index is 12.9. The summed E-state index contributed by atoms with van der Waals surface area (Å²) >= 11 is 0. The zero-order valence-corrected chi connectivity index (χ0v) is 36.0. The summed E-state index contributed by atoms with van der Waals surface area (Å²) in [6.45, 7) is 3.58. The molecule has 9 heteroatoms. The van der Waals surface area contributed by atoms with Crippen molar-refractivity contribution < 1.29 is 39.8 Å². The Hall–Kier alpha value is -2.89. The van der Waals surface area contributed by atoms with E-state index in [-0.39, 0.29) is 18.9 Å². The van der Waals surface area contributed by atoms with Gasteiger partial charge in [-0.15, -0.1) is 0 Å². The van der Waals surface area contributed by atoms with Crippen molar-refractivity contribution >= 4 is 5.91 Å². The molecular weight excluding hydrogens is 731 g/mol. The van der Waals surface area contributed by atoms with Crippen LogP contribution >= 0.6 is 0 Å². The van der Waals surface area contributed by atoms with Gasteiger partial charge in [0.2, 0.25) is 5.91 Å². The van der Waals surface area contributed by atoms with Crippen LogP contribution in [0.4, 0.5) is 0 Å². The van der Waals surface area contributed by atoms with Crippen molar-refractivity contribution in [1.29, 1.82) is 0 Å². The number of aliphatic hydroxyl groups is 5. The number of nitrogens with one attached hydrogen (secondary N) is 1. The molecule has 0 radical (unpaired) electrons. The highest BCUT2D eigenvalue weighted by Gasteiger charge is 2.44. The van der Waals surface area contributed by atoms with Crippen LogP contribution in [-0.4, -0.2) is 87.5 Å². The second-order valence-electron chi connectivity index (χ2n) is 15.1. The van der Waals surface area contributed by atoms with E-state index in [4.69, 9.17) is 9.47 Å². The maximum Gasteiger partial charge on any atom is 0.220 e. The van der Waals surface area contributed by atoms with Crippen LogP contribution in [-0.2, 0) is 14.3 Å². The lowest BCUT2D eigenvalue weighted by Crippen LogP contribution is -2.60. The molecule has 1 aliphatic heterocycles. The monoisotopic (exact) mass is 812 g/mol. The standard InChI is InChI=1S/C49H81NO8/c1-3-5-7-9-11-13-15-17-19-21-22-23-25-27-29-31-33-35-37-39-45(53)50-42(41-57-49-48(56)47(55)46(54)44(40-51)58-49)43(52)38-36-34-32-30-28-26-24-20-18-16-14-12-10-8-6-4-2/h5,7,11,13,17-20,22-23,27-30,36,38,42-44,46-49,51-52,54-56H,3-4,6,8-10,12,14-16,21,24-26,31-35,37,39-41H2,1-2H3,(H,50,53)/b7-5-,13-11-,19-17-,20-18+,23-22-,29-27-,30-28+,38-36+. The normalized spacial score (nSPS) is 21.8. The number of unbranched alkanes of at least 4 members (excludes halogenated alkanes) is 11. The van der Waals surface area contributed by atoms with Gasteiger partial charge >= 0.3 is 0 Å². The lowest BCUT2D eigenvalue weighted by Gasteiger charge is -2.40. The van der Waals surface area contributed by atoms with E-state index in [1.54, 1.807) is 6.08 Å². The third-order valence-electron chi connectivity index (χ3n) is 9.87. The third kappa shape index (κ3) is 28.5. The molecule has 1 fully saturated rings. The molecule has 0 aromatic carbocycles. The van der Waals surface area contributed by atoms with Crippen LogP contribution in [0.3, 0.4) is 0 Å². The highest BCUT2D eigenvalue weighted by Crippen LogP contribution is 2.22. The highest BCUT2D eigenvalue weighted by atomic mass is 16.7. The van der Waals surface area contributed by atoms with Gasteiger partial charge in [0.25, 0.3) is 0 Å². The molecule has 1 rings (SSSR count). The first kappa shape index (κ1) is 53.1. The molecule has 1 heterocycles. The topological polar surface area (TPSA) is 149 Å². The number of allylic oxidation sites excluding steroid dienone is 15. The number of rotatable bonds is 35. The minimum atomic E-state index is -1.59. The molecule has 0 aromatic rings. The van der Waals surface area contributed by atoms with Crippen LogP contribution in [0.2, 0.25) is 0 Å². The van der Waals surface area contributed by atoms with Crippen molar-refractivity contribution in [2.45, 2.75) is 192 Å². The lowest BCUT2D eigenvalue weighted by atomic mass is 9.99. The Morgan fingerprint density at radius 2 is 1.09 bits per heavy atom. The first-order valence-electron chi connectivity index (χ1n) is 22.5. The average Bonchev–Trinajstić information content (AvgIpc) is 3.22. The summed E-state index contributed by atoms with van der Waals surface area (Å²) in [6, 6.07) is -0.851. The van der Waals surface area contributed by atoms with E-state index in [2.05, 4.69) is 104 Å². The second kappa shape index (κ2) is 38.3. The fraction of sp³-hybridized carbons (Fsp3) is 0.653. The fourth-order valence-corrected chi connectivity index (χ4v) is 6.27. The molecule has 0 aliphatic carbocycles. The summed E-state index contributed by atoms with van der Waals surface area (Å²) in [5, 5.41) is 54.1. The summed E-state index contributed by atoms with van der Waals surface area (Å²) in [5.41, 5.74) is 0. The van der Waals surface area contributed by atoms with Crippen molar-refractivity contribution in [3.8, 4) is 0 Å². The van der Waals surface area contributed by atoms with E-state index >= 15 is 0 Å². The molecule has 1 aliphatic rings. The largest absolute Gasteiger partial charge is 0.394 e. The number of amides is 1. The zero-order chi connectivity index (χ0) is 42.3. The Bertz CT molecular complexity index is 1220. The molecular formula is C49H81NO8. The minimum absolute atomic E-state index is 0.226. The van der Waals surface area contributed by atoms with Gasteiger partial charge in [0.15, 0.2) is 6.29 Å². The molecule has 6 N–H and O–H groups in total. The van der Waals surface area contributed by atoms with Crippen LogP contribution < -0.4 is 5.32 Å².